The highest BCUT2D eigenvalue weighted by Crippen LogP contribution is 2.29. The fourth-order valence-corrected chi connectivity index (χ4v) is 3.13. The van der Waals surface area contributed by atoms with Gasteiger partial charge >= 0.3 is 0 Å². The van der Waals surface area contributed by atoms with Gasteiger partial charge in [0.15, 0.2) is 0 Å². The standard InChI is InChI=1S/C11H18N4O2S/c12-15-10-5-6-13-8-11(10)18(16,17)14-7-4-9-2-1-3-9/h5-6,8-9,14H,1-4,7,12H2,(H,13,15). The van der Waals surface area contributed by atoms with Crippen molar-refractivity contribution in [1.82, 2.24) is 9.71 Å². The molecule has 0 aromatic carbocycles. The lowest BCUT2D eigenvalue weighted by Gasteiger charge is -2.25. The van der Waals surface area contributed by atoms with Gasteiger partial charge < -0.3 is 5.43 Å². The Morgan fingerprint density at radius 1 is 1.44 bits per heavy atom. The lowest BCUT2D eigenvalue weighted by atomic mass is 9.83. The van der Waals surface area contributed by atoms with Crippen molar-refractivity contribution in [3.05, 3.63) is 18.5 Å². The van der Waals surface area contributed by atoms with Crippen LogP contribution in [0.3, 0.4) is 0 Å². The second kappa shape index (κ2) is 5.64. The third kappa shape index (κ3) is 2.98. The molecule has 1 aliphatic rings. The number of nitrogen functional groups attached to an aromatic ring is 1. The molecule has 0 amide bonds. The van der Waals surface area contributed by atoms with Gasteiger partial charge in [0.1, 0.15) is 4.90 Å². The first-order valence-electron chi connectivity index (χ1n) is 6.04. The quantitative estimate of drug-likeness (QED) is 0.525. The van der Waals surface area contributed by atoms with Crippen LogP contribution in [0.2, 0.25) is 0 Å². The van der Waals surface area contributed by atoms with Crippen molar-refractivity contribution in [2.45, 2.75) is 30.6 Å². The number of hydrogen-bond acceptors (Lipinski definition) is 5. The van der Waals surface area contributed by atoms with Crippen molar-refractivity contribution in [2.75, 3.05) is 12.0 Å². The van der Waals surface area contributed by atoms with Gasteiger partial charge in [-0.15, -0.1) is 0 Å². The molecule has 1 aromatic heterocycles. The molecule has 2 rings (SSSR count). The second-order valence-electron chi connectivity index (χ2n) is 4.50. The van der Waals surface area contributed by atoms with Crippen LogP contribution in [-0.2, 0) is 10.0 Å². The first-order chi connectivity index (χ1) is 8.63. The number of nitrogens with two attached hydrogens (primary N) is 1. The molecule has 1 fully saturated rings. The predicted octanol–water partition coefficient (Wildman–Crippen LogP) is 0.836. The number of rotatable bonds is 6. The smallest absolute Gasteiger partial charge is 0.244 e. The highest BCUT2D eigenvalue weighted by Gasteiger charge is 2.21. The Balaban J connectivity index is 2.00. The lowest BCUT2D eigenvalue weighted by Crippen LogP contribution is -2.28. The van der Waals surface area contributed by atoms with Gasteiger partial charge in [-0.05, 0) is 18.4 Å². The second-order valence-corrected chi connectivity index (χ2v) is 6.23. The molecule has 1 aromatic rings. The summed E-state index contributed by atoms with van der Waals surface area (Å²) in [5.74, 6) is 5.96. The Morgan fingerprint density at radius 3 is 2.83 bits per heavy atom. The molecule has 1 saturated carbocycles. The minimum atomic E-state index is -3.54. The number of sulfonamides is 1. The van der Waals surface area contributed by atoms with Crippen LogP contribution in [-0.4, -0.2) is 19.9 Å². The molecule has 7 heteroatoms. The van der Waals surface area contributed by atoms with E-state index in [1.165, 1.54) is 37.7 Å². The zero-order chi connectivity index (χ0) is 13.0. The maximum atomic E-state index is 12.1. The van der Waals surface area contributed by atoms with Gasteiger partial charge in [-0.2, -0.15) is 0 Å². The van der Waals surface area contributed by atoms with E-state index in [4.69, 9.17) is 5.84 Å². The van der Waals surface area contributed by atoms with Crippen molar-refractivity contribution < 1.29 is 8.42 Å². The number of hydrazine groups is 1. The fourth-order valence-electron chi connectivity index (χ4n) is 1.97. The average Bonchev–Trinajstić information content (AvgIpc) is 2.32. The van der Waals surface area contributed by atoms with E-state index >= 15 is 0 Å². The van der Waals surface area contributed by atoms with Gasteiger partial charge in [0, 0.05) is 18.9 Å². The molecule has 0 atom stereocenters. The molecule has 100 valence electrons. The zero-order valence-corrected chi connectivity index (χ0v) is 10.9. The Bertz CT molecular complexity index is 500. The molecule has 0 bridgehead atoms. The molecule has 1 aliphatic carbocycles. The Morgan fingerprint density at radius 2 is 2.22 bits per heavy atom. The number of nitrogens with zero attached hydrogens (tertiary/aromatic N) is 1. The molecule has 0 radical (unpaired) electrons. The van der Waals surface area contributed by atoms with Gasteiger partial charge in [-0.3, -0.25) is 10.8 Å². The summed E-state index contributed by atoms with van der Waals surface area (Å²) in [5.41, 5.74) is 2.71. The number of nitrogens with one attached hydrogen (secondary N) is 2. The van der Waals surface area contributed by atoms with Crippen molar-refractivity contribution in [3.8, 4) is 0 Å². The predicted molar refractivity (Wildman–Crippen MR) is 69.2 cm³/mol. The summed E-state index contributed by atoms with van der Waals surface area (Å²) in [7, 11) is -3.54. The van der Waals surface area contributed by atoms with Gasteiger partial charge in [0.05, 0.1) is 5.69 Å². The van der Waals surface area contributed by atoms with E-state index in [0.717, 1.165) is 6.42 Å². The maximum Gasteiger partial charge on any atom is 0.244 e. The molecule has 6 nitrogen and oxygen atoms in total. The largest absolute Gasteiger partial charge is 0.323 e. The first kappa shape index (κ1) is 13.3. The molecule has 1 heterocycles. The molecule has 4 N–H and O–H groups in total. The molecule has 0 spiro atoms. The fraction of sp³-hybridized carbons (Fsp3) is 0.545. The van der Waals surface area contributed by atoms with E-state index in [0.29, 0.717) is 18.2 Å². The number of pyridine rings is 1. The first-order valence-corrected chi connectivity index (χ1v) is 7.52. The molecule has 18 heavy (non-hydrogen) atoms. The van der Waals surface area contributed by atoms with Crippen LogP contribution in [0.1, 0.15) is 25.7 Å². The monoisotopic (exact) mass is 270 g/mol. The van der Waals surface area contributed by atoms with Crippen molar-refractivity contribution in [2.24, 2.45) is 11.8 Å². The molecule has 0 aliphatic heterocycles. The number of anilines is 1. The van der Waals surface area contributed by atoms with Crippen molar-refractivity contribution >= 4 is 15.7 Å². The summed E-state index contributed by atoms with van der Waals surface area (Å²) in [5, 5.41) is 0. The van der Waals surface area contributed by atoms with E-state index in [1.54, 1.807) is 0 Å². The minimum absolute atomic E-state index is 0.0844. The van der Waals surface area contributed by atoms with Gasteiger partial charge in [0.2, 0.25) is 10.0 Å². The minimum Gasteiger partial charge on any atom is -0.323 e. The van der Waals surface area contributed by atoms with E-state index in [9.17, 15) is 8.42 Å². The summed E-state index contributed by atoms with van der Waals surface area (Å²) in [6, 6.07) is 1.53. The Hall–Kier alpha value is -1.18. The average molecular weight is 270 g/mol. The van der Waals surface area contributed by atoms with Crippen molar-refractivity contribution in [3.63, 3.8) is 0 Å². The highest BCUT2D eigenvalue weighted by molar-refractivity contribution is 7.89. The Kier molecular flexibility index (Phi) is 4.15. The van der Waals surface area contributed by atoms with Crippen LogP contribution in [0.25, 0.3) is 0 Å². The van der Waals surface area contributed by atoms with E-state index in [-0.39, 0.29) is 4.90 Å². The van der Waals surface area contributed by atoms with Gasteiger partial charge in [0.25, 0.3) is 0 Å². The van der Waals surface area contributed by atoms with Crippen LogP contribution >= 0.6 is 0 Å². The summed E-state index contributed by atoms with van der Waals surface area (Å²) in [6.07, 6.45) is 7.37. The summed E-state index contributed by atoms with van der Waals surface area (Å²) in [6.45, 7) is 0.464. The zero-order valence-electron chi connectivity index (χ0n) is 10.1. The van der Waals surface area contributed by atoms with Crippen LogP contribution in [0, 0.1) is 5.92 Å². The molecule has 0 unspecified atom stereocenters. The van der Waals surface area contributed by atoms with Crippen LogP contribution in [0.5, 0.6) is 0 Å². The van der Waals surface area contributed by atoms with Crippen LogP contribution in [0.4, 0.5) is 5.69 Å². The third-order valence-corrected chi connectivity index (χ3v) is 4.79. The van der Waals surface area contributed by atoms with E-state index in [2.05, 4.69) is 15.1 Å². The van der Waals surface area contributed by atoms with Crippen LogP contribution < -0.4 is 16.0 Å². The lowest BCUT2D eigenvalue weighted by molar-refractivity contribution is 0.297. The topological polar surface area (TPSA) is 97.1 Å². The van der Waals surface area contributed by atoms with E-state index < -0.39 is 10.0 Å². The Labute approximate surface area is 107 Å². The summed E-state index contributed by atoms with van der Waals surface area (Å²) in [4.78, 5) is 3.90. The molecular weight excluding hydrogens is 252 g/mol. The normalized spacial score (nSPS) is 16.3. The molecular formula is C11H18N4O2S. The summed E-state index contributed by atoms with van der Waals surface area (Å²) < 4.78 is 26.7. The third-order valence-electron chi connectivity index (χ3n) is 3.30. The SMILES string of the molecule is NNc1ccncc1S(=O)(=O)NCCC1CCC1. The highest BCUT2D eigenvalue weighted by atomic mass is 32.2. The van der Waals surface area contributed by atoms with Gasteiger partial charge in [-0.1, -0.05) is 19.3 Å². The van der Waals surface area contributed by atoms with Gasteiger partial charge in [-0.25, -0.2) is 13.1 Å². The maximum absolute atomic E-state index is 12.1. The number of hydrogen-bond donors (Lipinski definition) is 3. The van der Waals surface area contributed by atoms with Crippen molar-refractivity contribution in [1.29, 1.82) is 0 Å². The van der Waals surface area contributed by atoms with Crippen LogP contribution in [0.15, 0.2) is 23.4 Å². The summed E-state index contributed by atoms with van der Waals surface area (Å²) >= 11 is 0. The number of aromatic nitrogens is 1. The van der Waals surface area contributed by atoms with E-state index in [1.807, 2.05) is 0 Å². The molecule has 0 saturated heterocycles.